The van der Waals surface area contributed by atoms with Crippen LogP contribution in [0, 0.1) is 5.92 Å². The van der Waals surface area contributed by atoms with Crippen LogP contribution >= 0.6 is 11.9 Å². The van der Waals surface area contributed by atoms with Crippen LogP contribution in [-0.2, 0) is 0 Å². The summed E-state index contributed by atoms with van der Waals surface area (Å²) in [7, 11) is 0. The van der Waals surface area contributed by atoms with E-state index in [0.717, 1.165) is 35.3 Å². The first-order valence-electron chi connectivity index (χ1n) is 7.79. The molecule has 0 saturated carbocycles. The van der Waals surface area contributed by atoms with Gasteiger partial charge in [-0.05, 0) is 36.4 Å². The number of carboxylic acid groups (broad SMARTS) is 1. The Morgan fingerprint density at radius 3 is 2.87 bits per heavy atom. The smallest absolute Gasteiger partial charge is 0.404 e. The molecule has 2 aromatic rings. The van der Waals surface area contributed by atoms with E-state index >= 15 is 0 Å². The quantitative estimate of drug-likeness (QED) is 0.567. The molecule has 0 atom stereocenters. The lowest BCUT2D eigenvalue weighted by atomic mass is 10.2. The maximum atomic E-state index is 10.5. The molecule has 5 nitrogen and oxygen atoms in total. The van der Waals surface area contributed by atoms with E-state index in [1.807, 2.05) is 18.3 Å². The van der Waals surface area contributed by atoms with E-state index in [1.54, 1.807) is 11.9 Å². The molecule has 2 rings (SSSR count). The van der Waals surface area contributed by atoms with Crippen molar-refractivity contribution in [3.8, 4) is 0 Å². The minimum absolute atomic E-state index is 0.471. The molecule has 0 aliphatic heterocycles. The first-order chi connectivity index (χ1) is 11.1. The molecule has 0 aliphatic carbocycles. The number of nitrogens with zero attached hydrogens (tertiary/aromatic N) is 2. The zero-order chi connectivity index (χ0) is 16.7. The van der Waals surface area contributed by atoms with Crippen LogP contribution in [0.4, 0.5) is 4.79 Å². The molecule has 0 bridgehead atoms. The Balaban J connectivity index is 2.05. The van der Waals surface area contributed by atoms with Crippen molar-refractivity contribution < 1.29 is 9.90 Å². The van der Waals surface area contributed by atoms with Crippen LogP contribution in [0.25, 0.3) is 10.9 Å². The number of nitrogens with one attached hydrogen (secondary N) is 1. The Labute approximate surface area is 141 Å². The van der Waals surface area contributed by atoms with Crippen LogP contribution in [0.3, 0.4) is 0 Å². The van der Waals surface area contributed by atoms with E-state index in [9.17, 15) is 4.79 Å². The number of fused-ring (bicyclic) bond motifs is 1. The molecule has 0 radical (unpaired) electrons. The van der Waals surface area contributed by atoms with Gasteiger partial charge in [0.05, 0.1) is 5.52 Å². The second kappa shape index (κ2) is 8.74. The topological polar surface area (TPSA) is 65.5 Å². The number of aromatic nitrogens is 1. The van der Waals surface area contributed by atoms with Crippen molar-refractivity contribution in [1.29, 1.82) is 0 Å². The number of para-hydroxylation sites is 1. The molecule has 1 amide bonds. The fourth-order valence-electron chi connectivity index (χ4n) is 2.32. The van der Waals surface area contributed by atoms with Gasteiger partial charge in [0.25, 0.3) is 0 Å². The third-order valence-electron chi connectivity index (χ3n) is 3.25. The molecule has 0 unspecified atom stereocenters. The molecule has 124 valence electrons. The van der Waals surface area contributed by atoms with Crippen molar-refractivity contribution in [3.05, 3.63) is 36.5 Å². The number of carbonyl (C=O) groups is 1. The fourth-order valence-corrected chi connectivity index (χ4v) is 3.59. The minimum atomic E-state index is -0.966. The van der Waals surface area contributed by atoms with Gasteiger partial charge in [-0.2, -0.15) is 0 Å². The van der Waals surface area contributed by atoms with Crippen molar-refractivity contribution in [2.75, 3.05) is 19.6 Å². The lowest BCUT2D eigenvalue weighted by Crippen LogP contribution is -2.27. The highest BCUT2D eigenvalue weighted by Crippen LogP contribution is 2.29. The van der Waals surface area contributed by atoms with Crippen LogP contribution in [0.5, 0.6) is 0 Å². The maximum absolute atomic E-state index is 10.5. The van der Waals surface area contributed by atoms with E-state index in [0.29, 0.717) is 12.5 Å². The van der Waals surface area contributed by atoms with Crippen molar-refractivity contribution in [1.82, 2.24) is 14.6 Å². The van der Waals surface area contributed by atoms with Gasteiger partial charge in [-0.3, -0.25) is 4.98 Å². The molecule has 0 spiro atoms. The Morgan fingerprint density at radius 1 is 1.35 bits per heavy atom. The molecular formula is C17H23N3O2S. The molecule has 0 fully saturated rings. The van der Waals surface area contributed by atoms with Crippen LogP contribution in [0.2, 0.25) is 0 Å². The SMILES string of the molecule is CC(C)CN(CCCNC(=O)O)Sc1cccc2cccnc12. The molecule has 1 heterocycles. The highest BCUT2D eigenvalue weighted by Gasteiger charge is 2.12. The minimum Gasteiger partial charge on any atom is -0.465 e. The average molecular weight is 333 g/mol. The number of rotatable bonds is 8. The summed E-state index contributed by atoms with van der Waals surface area (Å²) < 4.78 is 2.29. The van der Waals surface area contributed by atoms with Gasteiger partial charge in [0.1, 0.15) is 0 Å². The van der Waals surface area contributed by atoms with E-state index in [-0.39, 0.29) is 0 Å². The standard InChI is InChI=1S/C17H23N3O2S/c1-13(2)12-20(11-5-10-19-17(21)22)23-15-8-3-6-14-7-4-9-18-16(14)15/h3-4,6-9,13,19H,5,10-12H2,1-2H3,(H,21,22). The lowest BCUT2D eigenvalue weighted by Gasteiger charge is -2.23. The molecule has 0 saturated heterocycles. The predicted molar refractivity (Wildman–Crippen MR) is 94.7 cm³/mol. The molecule has 23 heavy (non-hydrogen) atoms. The third kappa shape index (κ3) is 5.73. The van der Waals surface area contributed by atoms with Gasteiger partial charge in [-0.15, -0.1) is 0 Å². The molecule has 1 aromatic carbocycles. The number of hydrogen-bond acceptors (Lipinski definition) is 4. The summed E-state index contributed by atoms with van der Waals surface area (Å²) >= 11 is 1.70. The van der Waals surface area contributed by atoms with Crippen LogP contribution in [0.1, 0.15) is 20.3 Å². The summed E-state index contributed by atoms with van der Waals surface area (Å²) in [6.07, 6.45) is 1.63. The van der Waals surface area contributed by atoms with Crippen LogP contribution in [-0.4, -0.2) is 40.1 Å². The zero-order valence-corrected chi connectivity index (χ0v) is 14.3. The molecule has 6 heteroatoms. The third-order valence-corrected chi connectivity index (χ3v) is 4.37. The van der Waals surface area contributed by atoms with Crippen LogP contribution in [0.15, 0.2) is 41.4 Å². The van der Waals surface area contributed by atoms with Gasteiger partial charge in [-0.1, -0.05) is 32.0 Å². The zero-order valence-electron chi connectivity index (χ0n) is 13.5. The Bertz CT molecular complexity index is 643. The second-order valence-corrected chi connectivity index (χ2v) is 6.93. The number of benzene rings is 1. The molecule has 2 N–H and O–H groups in total. The lowest BCUT2D eigenvalue weighted by molar-refractivity contribution is 0.194. The first-order valence-corrected chi connectivity index (χ1v) is 8.57. The van der Waals surface area contributed by atoms with E-state index < -0.39 is 6.09 Å². The summed E-state index contributed by atoms with van der Waals surface area (Å²) in [5.41, 5.74) is 1.01. The summed E-state index contributed by atoms with van der Waals surface area (Å²) in [6, 6.07) is 10.2. The molecule has 1 aromatic heterocycles. The van der Waals surface area contributed by atoms with Crippen molar-refractivity contribution >= 4 is 28.9 Å². The predicted octanol–water partition coefficient (Wildman–Crippen LogP) is 3.86. The number of hydrogen-bond donors (Lipinski definition) is 2. The fraction of sp³-hybridized carbons (Fsp3) is 0.412. The number of amides is 1. The second-order valence-electron chi connectivity index (χ2n) is 5.79. The summed E-state index contributed by atoms with van der Waals surface area (Å²) in [5.74, 6) is 0.540. The van der Waals surface area contributed by atoms with Crippen molar-refractivity contribution in [2.45, 2.75) is 25.2 Å². The van der Waals surface area contributed by atoms with Crippen LogP contribution < -0.4 is 5.32 Å². The van der Waals surface area contributed by atoms with Crippen molar-refractivity contribution in [2.24, 2.45) is 5.92 Å². The largest absolute Gasteiger partial charge is 0.465 e. The average Bonchev–Trinajstić information content (AvgIpc) is 2.51. The van der Waals surface area contributed by atoms with Gasteiger partial charge in [0.2, 0.25) is 0 Å². The van der Waals surface area contributed by atoms with E-state index in [4.69, 9.17) is 5.11 Å². The molecular weight excluding hydrogens is 310 g/mol. The Kier molecular flexibility index (Phi) is 6.67. The van der Waals surface area contributed by atoms with Gasteiger partial charge < -0.3 is 10.4 Å². The normalized spacial score (nSPS) is 11.3. The van der Waals surface area contributed by atoms with Gasteiger partial charge >= 0.3 is 6.09 Å². The summed E-state index contributed by atoms with van der Waals surface area (Å²) in [4.78, 5) is 16.2. The van der Waals surface area contributed by atoms with E-state index in [1.165, 1.54) is 0 Å². The summed E-state index contributed by atoms with van der Waals surface area (Å²) in [5, 5.41) is 12.2. The van der Waals surface area contributed by atoms with Gasteiger partial charge in [0.15, 0.2) is 0 Å². The monoisotopic (exact) mass is 333 g/mol. The Hall–Kier alpha value is -1.79. The first kappa shape index (κ1) is 17.6. The Morgan fingerprint density at radius 2 is 2.13 bits per heavy atom. The highest BCUT2D eigenvalue weighted by molar-refractivity contribution is 7.97. The van der Waals surface area contributed by atoms with E-state index in [2.05, 4.69) is 46.7 Å². The summed E-state index contributed by atoms with van der Waals surface area (Å²) in [6.45, 7) is 6.61. The van der Waals surface area contributed by atoms with Crippen molar-refractivity contribution in [3.63, 3.8) is 0 Å². The van der Waals surface area contributed by atoms with Gasteiger partial charge in [0, 0.05) is 36.1 Å². The molecule has 0 aliphatic rings. The highest BCUT2D eigenvalue weighted by atomic mass is 32.2. The maximum Gasteiger partial charge on any atom is 0.404 e. The number of pyridine rings is 1. The van der Waals surface area contributed by atoms with Gasteiger partial charge in [-0.25, -0.2) is 9.10 Å².